The SMILES string of the molecule is Nc1cccc(CCN2CCCC2CN2c3ccc(F)cc3COc3ccccc32)c1. The number of nitrogens with zero attached hydrogens (tertiary/aromatic N) is 2. The molecule has 2 N–H and O–H groups in total. The standard InChI is InChI=1S/C26H28FN3O/c27-21-10-11-24-20(16-21)18-31-26-9-2-1-8-25(26)30(24)17-23-7-4-13-29(23)14-12-19-5-3-6-22(28)15-19/h1-3,5-6,8-11,15-16,23H,4,7,12-14,17-18,28H2. The van der Waals surface area contributed by atoms with Crippen LogP contribution in [0.25, 0.3) is 0 Å². The van der Waals surface area contributed by atoms with Crippen LogP contribution in [0.15, 0.2) is 66.7 Å². The molecule has 2 aliphatic rings. The summed E-state index contributed by atoms with van der Waals surface area (Å²) in [5.74, 6) is 0.626. The van der Waals surface area contributed by atoms with Gasteiger partial charge < -0.3 is 15.4 Å². The lowest BCUT2D eigenvalue weighted by molar-refractivity contribution is 0.261. The molecule has 5 rings (SSSR count). The number of nitrogens with two attached hydrogens (primary N) is 1. The molecule has 1 unspecified atom stereocenters. The minimum absolute atomic E-state index is 0.224. The third-order valence-corrected chi connectivity index (χ3v) is 6.40. The Bertz CT molecular complexity index is 1070. The molecule has 5 heteroatoms. The molecule has 0 aromatic heterocycles. The highest BCUT2D eigenvalue weighted by molar-refractivity contribution is 5.73. The van der Waals surface area contributed by atoms with Crippen molar-refractivity contribution in [2.24, 2.45) is 0 Å². The number of halogens is 1. The van der Waals surface area contributed by atoms with Gasteiger partial charge in [0, 0.05) is 36.1 Å². The Kier molecular flexibility index (Phi) is 5.51. The van der Waals surface area contributed by atoms with Gasteiger partial charge in [0.25, 0.3) is 0 Å². The van der Waals surface area contributed by atoms with Crippen LogP contribution in [-0.2, 0) is 13.0 Å². The van der Waals surface area contributed by atoms with E-state index in [1.165, 1.54) is 12.0 Å². The zero-order valence-corrected chi connectivity index (χ0v) is 17.6. The maximum absolute atomic E-state index is 13.9. The number of nitrogen functional groups attached to an aromatic ring is 1. The second-order valence-electron chi connectivity index (χ2n) is 8.47. The Balaban J connectivity index is 1.39. The van der Waals surface area contributed by atoms with E-state index in [1.54, 1.807) is 12.1 Å². The summed E-state index contributed by atoms with van der Waals surface area (Å²) in [7, 11) is 0. The number of hydrogen-bond acceptors (Lipinski definition) is 4. The highest BCUT2D eigenvalue weighted by atomic mass is 19.1. The van der Waals surface area contributed by atoms with E-state index in [-0.39, 0.29) is 5.82 Å². The third-order valence-electron chi connectivity index (χ3n) is 6.40. The van der Waals surface area contributed by atoms with Crippen molar-refractivity contribution in [2.75, 3.05) is 30.3 Å². The maximum Gasteiger partial charge on any atom is 0.143 e. The van der Waals surface area contributed by atoms with Crippen molar-refractivity contribution in [3.63, 3.8) is 0 Å². The van der Waals surface area contributed by atoms with Crippen LogP contribution in [0.3, 0.4) is 0 Å². The van der Waals surface area contributed by atoms with Gasteiger partial charge in [-0.15, -0.1) is 0 Å². The smallest absolute Gasteiger partial charge is 0.143 e. The van der Waals surface area contributed by atoms with Gasteiger partial charge in [-0.25, -0.2) is 4.39 Å². The van der Waals surface area contributed by atoms with Gasteiger partial charge in [-0.3, -0.25) is 4.90 Å². The van der Waals surface area contributed by atoms with E-state index >= 15 is 0 Å². The van der Waals surface area contributed by atoms with E-state index in [9.17, 15) is 4.39 Å². The summed E-state index contributed by atoms with van der Waals surface area (Å²) in [5.41, 5.74) is 11.0. The topological polar surface area (TPSA) is 41.7 Å². The second kappa shape index (κ2) is 8.60. The molecule has 1 fully saturated rings. The summed E-state index contributed by atoms with van der Waals surface area (Å²) in [4.78, 5) is 4.90. The molecular weight excluding hydrogens is 389 g/mol. The summed E-state index contributed by atoms with van der Waals surface area (Å²) in [6.45, 7) is 3.35. The van der Waals surface area contributed by atoms with Crippen molar-refractivity contribution in [1.82, 2.24) is 4.90 Å². The molecule has 31 heavy (non-hydrogen) atoms. The Morgan fingerprint density at radius 3 is 2.81 bits per heavy atom. The van der Waals surface area contributed by atoms with Crippen LogP contribution < -0.4 is 15.4 Å². The first-order chi connectivity index (χ1) is 15.2. The van der Waals surface area contributed by atoms with E-state index in [0.29, 0.717) is 12.6 Å². The third kappa shape index (κ3) is 4.23. The van der Waals surface area contributed by atoms with Crippen LogP contribution in [0, 0.1) is 5.82 Å². The molecule has 0 bridgehead atoms. The van der Waals surface area contributed by atoms with Crippen LogP contribution in [0.1, 0.15) is 24.0 Å². The largest absolute Gasteiger partial charge is 0.487 e. The first-order valence-electron chi connectivity index (χ1n) is 11.0. The molecule has 160 valence electrons. The predicted octanol–water partition coefficient (Wildman–Crippen LogP) is 5.15. The number of ether oxygens (including phenoxy) is 1. The molecule has 3 aromatic carbocycles. The van der Waals surface area contributed by atoms with Crippen LogP contribution in [0.2, 0.25) is 0 Å². The van der Waals surface area contributed by atoms with Gasteiger partial charge in [0.1, 0.15) is 18.2 Å². The normalized spacial score (nSPS) is 18.2. The lowest BCUT2D eigenvalue weighted by Crippen LogP contribution is -2.39. The van der Waals surface area contributed by atoms with E-state index in [2.05, 4.69) is 28.0 Å². The maximum atomic E-state index is 13.9. The molecule has 0 spiro atoms. The first kappa shape index (κ1) is 19.9. The van der Waals surface area contributed by atoms with E-state index in [1.807, 2.05) is 36.4 Å². The van der Waals surface area contributed by atoms with Gasteiger partial charge in [0.2, 0.25) is 0 Å². The molecular formula is C26H28FN3O. The Hall–Kier alpha value is -3.05. The zero-order chi connectivity index (χ0) is 21.2. The number of anilines is 3. The van der Waals surface area contributed by atoms with Gasteiger partial charge >= 0.3 is 0 Å². The quantitative estimate of drug-likeness (QED) is 0.583. The molecule has 0 radical (unpaired) electrons. The molecule has 3 aromatic rings. The molecule has 1 atom stereocenters. The molecule has 1 saturated heterocycles. The first-order valence-corrected chi connectivity index (χ1v) is 11.0. The fourth-order valence-electron chi connectivity index (χ4n) is 4.85. The Morgan fingerprint density at radius 1 is 1.00 bits per heavy atom. The minimum Gasteiger partial charge on any atom is -0.487 e. The lowest BCUT2D eigenvalue weighted by Gasteiger charge is -2.32. The van der Waals surface area contributed by atoms with Crippen molar-refractivity contribution < 1.29 is 9.13 Å². The van der Waals surface area contributed by atoms with Crippen molar-refractivity contribution in [3.05, 3.63) is 83.7 Å². The fraction of sp³-hybridized carbons (Fsp3) is 0.308. The second-order valence-corrected chi connectivity index (χ2v) is 8.47. The van der Waals surface area contributed by atoms with Crippen LogP contribution in [-0.4, -0.2) is 30.6 Å². The number of para-hydroxylation sites is 2. The summed E-state index contributed by atoms with van der Waals surface area (Å²) in [6, 6.07) is 21.8. The molecule has 0 saturated carbocycles. The Labute approximate surface area is 183 Å². The molecule has 2 heterocycles. The summed E-state index contributed by atoms with van der Waals surface area (Å²) >= 11 is 0. The highest BCUT2D eigenvalue weighted by Gasteiger charge is 2.30. The number of fused-ring (bicyclic) bond motifs is 2. The van der Waals surface area contributed by atoms with Gasteiger partial charge in [-0.1, -0.05) is 24.3 Å². The van der Waals surface area contributed by atoms with Gasteiger partial charge in [0.05, 0.1) is 5.69 Å². The van der Waals surface area contributed by atoms with E-state index < -0.39 is 0 Å². The predicted molar refractivity (Wildman–Crippen MR) is 123 cm³/mol. The van der Waals surface area contributed by atoms with Crippen molar-refractivity contribution >= 4 is 17.1 Å². The Morgan fingerprint density at radius 2 is 1.90 bits per heavy atom. The average Bonchev–Trinajstić information content (AvgIpc) is 3.16. The van der Waals surface area contributed by atoms with Crippen molar-refractivity contribution in [3.8, 4) is 5.75 Å². The number of benzene rings is 3. The summed E-state index contributed by atoms with van der Waals surface area (Å²) in [5, 5.41) is 0. The lowest BCUT2D eigenvalue weighted by atomic mass is 10.1. The zero-order valence-electron chi connectivity index (χ0n) is 17.6. The summed E-state index contributed by atoms with van der Waals surface area (Å²) < 4.78 is 20.0. The van der Waals surface area contributed by atoms with Crippen molar-refractivity contribution in [2.45, 2.75) is 31.9 Å². The van der Waals surface area contributed by atoms with Crippen LogP contribution >= 0.6 is 0 Å². The van der Waals surface area contributed by atoms with Crippen LogP contribution in [0.5, 0.6) is 5.75 Å². The van der Waals surface area contributed by atoms with E-state index in [4.69, 9.17) is 10.5 Å². The van der Waals surface area contributed by atoms with Gasteiger partial charge in [-0.05, 0) is 73.8 Å². The molecule has 0 amide bonds. The fourth-order valence-corrected chi connectivity index (χ4v) is 4.85. The van der Waals surface area contributed by atoms with Gasteiger partial charge in [-0.2, -0.15) is 0 Å². The monoisotopic (exact) mass is 417 g/mol. The van der Waals surface area contributed by atoms with Gasteiger partial charge in [0.15, 0.2) is 0 Å². The van der Waals surface area contributed by atoms with Crippen molar-refractivity contribution in [1.29, 1.82) is 0 Å². The minimum atomic E-state index is -0.224. The molecule has 2 aliphatic heterocycles. The summed E-state index contributed by atoms with van der Waals surface area (Å²) in [6.07, 6.45) is 3.35. The molecule has 4 nitrogen and oxygen atoms in total. The number of hydrogen-bond donors (Lipinski definition) is 1. The molecule has 0 aliphatic carbocycles. The number of rotatable bonds is 5. The average molecular weight is 418 g/mol. The van der Waals surface area contributed by atoms with E-state index in [0.717, 1.165) is 60.9 Å². The number of likely N-dealkylation sites (tertiary alicyclic amines) is 1. The highest BCUT2D eigenvalue weighted by Crippen LogP contribution is 2.40. The van der Waals surface area contributed by atoms with Crippen LogP contribution in [0.4, 0.5) is 21.5 Å².